The summed E-state index contributed by atoms with van der Waals surface area (Å²) in [7, 11) is 0. The molecule has 0 saturated heterocycles. The summed E-state index contributed by atoms with van der Waals surface area (Å²) < 4.78 is 1.90. The Bertz CT molecular complexity index is 823. The van der Waals surface area contributed by atoms with Crippen LogP contribution in [-0.4, -0.2) is 15.7 Å². The van der Waals surface area contributed by atoms with Crippen LogP contribution in [0.5, 0.6) is 0 Å². The smallest absolute Gasteiger partial charge is 0.269 e. The van der Waals surface area contributed by atoms with Gasteiger partial charge in [-0.15, -0.1) is 0 Å². The lowest BCUT2D eigenvalue weighted by Crippen LogP contribution is -1.99. The molecule has 3 rings (SSSR count). The molecule has 1 heterocycles. The van der Waals surface area contributed by atoms with Gasteiger partial charge in [-0.25, -0.2) is 0 Å². The molecule has 0 aliphatic heterocycles. The maximum absolute atomic E-state index is 10.7. The highest BCUT2D eigenvalue weighted by Crippen LogP contribution is 2.17. The fourth-order valence-electron chi connectivity index (χ4n) is 2.16. The molecule has 0 bridgehead atoms. The molecule has 0 unspecified atom stereocenters. The monoisotopic (exact) mass is 306 g/mol. The molecular weight excluding hydrogens is 292 g/mol. The van der Waals surface area contributed by atoms with Crippen LogP contribution in [0.1, 0.15) is 5.69 Å². The zero-order valence-corrected chi connectivity index (χ0v) is 12.2. The first-order valence-corrected chi connectivity index (χ1v) is 7.00. The molecule has 0 fully saturated rings. The Hall–Kier alpha value is -3.41. The van der Waals surface area contributed by atoms with Crippen molar-refractivity contribution in [3.05, 3.63) is 88.7 Å². The van der Waals surface area contributed by atoms with Crippen molar-refractivity contribution in [2.45, 2.75) is 0 Å². The number of anilines is 1. The fraction of sp³-hybridized carbons (Fsp3) is 0. The Morgan fingerprint density at radius 2 is 1.74 bits per heavy atom. The summed E-state index contributed by atoms with van der Waals surface area (Å²) in [5.74, 6) is 0. The van der Waals surface area contributed by atoms with E-state index >= 15 is 0 Å². The third-order valence-electron chi connectivity index (χ3n) is 3.28. The van der Waals surface area contributed by atoms with E-state index in [0.29, 0.717) is 0 Å². The molecule has 1 aromatic heterocycles. The van der Waals surface area contributed by atoms with Gasteiger partial charge in [0.25, 0.3) is 5.69 Å². The van der Waals surface area contributed by atoms with Gasteiger partial charge in [-0.05, 0) is 36.4 Å². The summed E-state index contributed by atoms with van der Waals surface area (Å²) in [4.78, 5) is 10.3. The summed E-state index contributed by atoms with van der Waals surface area (Å²) in [6, 6.07) is 19.8. The lowest BCUT2D eigenvalue weighted by Gasteiger charge is -2.06. The van der Waals surface area contributed by atoms with Gasteiger partial charge in [0.1, 0.15) is 0 Å². The number of aromatic nitrogens is 1. The van der Waals surface area contributed by atoms with E-state index in [0.717, 1.165) is 17.1 Å². The minimum Gasteiger partial charge on any atom is -0.316 e. The third-order valence-corrected chi connectivity index (χ3v) is 3.28. The SMILES string of the molecule is O=[N+]([O-])c1ccc(-n2cccc2C=NNc2ccccc2)cc1. The van der Waals surface area contributed by atoms with Crippen molar-refractivity contribution in [2.75, 3.05) is 5.43 Å². The fourth-order valence-corrected chi connectivity index (χ4v) is 2.16. The molecule has 0 spiro atoms. The average Bonchev–Trinajstić information content (AvgIpc) is 3.04. The highest BCUT2D eigenvalue weighted by molar-refractivity contribution is 5.79. The molecule has 6 heteroatoms. The Morgan fingerprint density at radius 1 is 1.00 bits per heavy atom. The van der Waals surface area contributed by atoms with Crippen molar-refractivity contribution in [1.29, 1.82) is 0 Å². The van der Waals surface area contributed by atoms with Gasteiger partial charge in [-0.1, -0.05) is 18.2 Å². The number of nitro benzene ring substituents is 1. The highest BCUT2D eigenvalue weighted by atomic mass is 16.6. The summed E-state index contributed by atoms with van der Waals surface area (Å²) in [5, 5.41) is 14.9. The highest BCUT2D eigenvalue weighted by Gasteiger charge is 2.06. The summed E-state index contributed by atoms with van der Waals surface area (Å²) in [6.07, 6.45) is 3.58. The van der Waals surface area contributed by atoms with Gasteiger partial charge in [0, 0.05) is 24.0 Å². The van der Waals surface area contributed by atoms with Crippen LogP contribution >= 0.6 is 0 Å². The standard InChI is InChI=1S/C17H14N4O2/c22-21(23)16-10-8-15(9-11-16)20-12-4-7-17(20)13-18-19-14-5-2-1-3-6-14/h1-13,19H. The van der Waals surface area contributed by atoms with E-state index in [1.54, 1.807) is 18.3 Å². The summed E-state index contributed by atoms with van der Waals surface area (Å²) in [6.45, 7) is 0. The molecule has 0 saturated carbocycles. The first kappa shape index (κ1) is 14.5. The maximum Gasteiger partial charge on any atom is 0.269 e. The Morgan fingerprint density at radius 3 is 2.43 bits per heavy atom. The van der Waals surface area contributed by atoms with Gasteiger partial charge in [-0.2, -0.15) is 5.10 Å². The van der Waals surface area contributed by atoms with Gasteiger partial charge >= 0.3 is 0 Å². The molecule has 2 aromatic carbocycles. The zero-order valence-electron chi connectivity index (χ0n) is 12.2. The van der Waals surface area contributed by atoms with Crippen LogP contribution in [-0.2, 0) is 0 Å². The number of hydrogen-bond acceptors (Lipinski definition) is 4. The largest absolute Gasteiger partial charge is 0.316 e. The topological polar surface area (TPSA) is 72.5 Å². The molecule has 0 aliphatic carbocycles. The van der Waals surface area contributed by atoms with Gasteiger partial charge in [-0.3, -0.25) is 15.5 Å². The van der Waals surface area contributed by atoms with E-state index < -0.39 is 4.92 Å². The second-order valence-corrected chi connectivity index (χ2v) is 4.81. The molecular formula is C17H14N4O2. The van der Waals surface area contributed by atoms with E-state index in [-0.39, 0.29) is 5.69 Å². The maximum atomic E-state index is 10.7. The number of benzene rings is 2. The van der Waals surface area contributed by atoms with Crippen LogP contribution in [0, 0.1) is 10.1 Å². The molecule has 0 radical (unpaired) electrons. The summed E-state index contributed by atoms with van der Waals surface area (Å²) in [5.41, 5.74) is 5.62. The zero-order chi connectivity index (χ0) is 16.1. The second kappa shape index (κ2) is 6.57. The van der Waals surface area contributed by atoms with Crippen molar-refractivity contribution in [1.82, 2.24) is 4.57 Å². The van der Waals surface area contributed by atoms with Crippen LogP contribution in [0.15, 0.2) is 78.0 Å². The first-order chi connectivity index (χ1) is 11.2. The molecule has 6 nitrogen and oxygen atoms in total. The third kappa shape index (κ3) is 3.44. The van der Waals surface area contributed by atoms with E-state index in [2.05, 4.69) is 10.5 Å². The van der Waals surface area contributed by atoms with Crippen molar-refractivity contribution < 1.29 is 4.92 Å². The van der Waals surface area contributed by atoms with Crippen molar-refractivity contribution in [3.8, 4) is 5.69 Å². The minimum absolute atomic E-state index is 0.0712. The number of para-hydroxylation sites is 1. The van der Waals surface area contributed by atoms with Crippen molar-refractivity contribution >= 4 is 17.6 Å². The predicted octanol–water partition coefficient (Wildman–Crippen LogP) is 3.83. The minimum atomic E-state index is -0.411. The van der Waals surface area contributed by atoms with Gasteiger partial charge < -0.3 is 4.57 Å². The molecule has 23 heavy (non-hydrogen) atoms. The number of nitrogens with one attached hydrogen (secondary N) is 1. The van der Waals surface area contributed by atoms with Gasteiger partial charge in [0.05, 0.1) is 22.5 Å². The predicted molar refractivity (Wildman–Crippen MR) is 90.1 cm³/mol. The number of hydrogen-bond donors (Lipinski definition) is 1. The Balaban J connectivity index is 1.78. The second-order valence-electron chi connectivity index (χ2n) is 4.81. The van der Waals surface area contributed by atoms with Crippen molar-refractivity contribution in [3.63, 3.8) is 0 Å². The normalized spacial score (nSPS) is 10.8. The number of non-ortho nitro benzene ring substituents is 1. The number of hydrazone groups is 1. The van der Waals surface area contributed by atoms with Crippen LogP contribution in [0.4, 0.5) is 11.4 Å². The Kier molecular flexibility index (Phi) is 4.15. The van der Waals surface area contributed by atoms with E-state index in [4.69, 9.17) is 0 Å². The molecule has 0 aliphatic rings. The van der Waals surface area contributed by atoms with Crippen LogP contribution < -0.4 is 5.43 Å². The van der Waals surface area contributed by atoms with E-state index in [1.807, 2.05) is 53.2 Å². The molecule has 114 valence electrons. The first-order valence-electron chi connectivity index (χ1n) is 7.00. The lowest BCUT2D eigenvalue weighted by molar-refractivity contribution is -0.384. The van der Waals surface area contributed by atoms with Crippen LogP contribution in [0.3, 0.4) is 0 Å². The van der Waals surface area contributed by atoms with E-state index in [1.165, 1.54) is 12.1 Å². The molecule has 0 atom stereocenters. The number of nitrogens with zero attached hydrogens (tertiary/aromatic N) is 3. The lowest BCUT2D eigenvalue weighted by atomic mass is 10.3. The number of rotatable bonds is 5. The van der Waals surface area contributed by atoms with Crippen LogP contribution in [0.25, 0.3) is 5.69 Å². The average molecular weight is 306 g/mol. The molecule has 1 N–H and O–H groups in total. The van der Waals surface area contributed by atoms with Crippen molar-refractivity contribution in [2.24, 2.45) is 5.10 Å². The quantitative estimate of drug-likeness (QED) is 0.442. The van der Waals surface area contributed by atoms with E-state index in [9.17, 15) is 10.1 Å². The van der Waals surface area contributed by atoms with Crippen LogP contribution in [0.2, 0.25) is 0 Å². The molecule has 3 aromatic rings. The molecule has 0 amide bonds. The van der Waals surface area contributed by atoms with Gasteiger partial charge in [0.15, 0.2) is 0 Å². The number of nitro groups is 1. The Labute approximate surface area is 132 Å². The summed E-state index contributed by atoms with van der Waals surface area (Å²) >= 11 is 0. The van der Waals surface area contributed by atoms with Gasteiger partial charge in [0.2, 0.25) is 0 Å².